The Kier molecular flexibility index (Phi) is 5.00. The van der Waals surface area contributed by atoms with Crippen LogP contribution >= 0.6 is 0 Å². The molecule has 3 rings (SSSR count). The van der Waals surface area contributed by atoms with E-state index in [0.29, 0.717) is 6.42 Å². The lowest BCUT2D eigenvalue weighted by molar-refractivity contribution is -0.135. The van der Waals surface area contributed by atoms with Gasteiger partial charge in [-0.05, 0) is 24.0 Å². The number of aromatic nitrogens is 2. The number of amides is 1. The Labute approximate surface area is 143 Å². The fraction of sp³-hybridized carbons (Fsp3) is 0.474. The van der Waals surface area contributed by atoms with Crippen molar-refractivity contribution in [3.63, 3.8) is 0 Å². The summed E-state index contributed by atoms with van der Waals surface area (Å²) in [5.41, 5.74) is 2.51. The zero-order chi connectivity index (χ0) is 17.1. The molecule has 1 aliphatic rings. The Balaban J connectivity index is 1.75. The minimum atomic E-state index is 0.00956. The molecule has 0 aliphatic carbocycles. The highest BCUT2D eigenvalue weighted by Crippen LogP contribution is 2.27. The lowest BCUT2D eigenvalue weighted by Crippen LogP contribution is -2.49. The van der Waals surface area contributed by atoms with E-state index >= 15 is 0 Å². The quantitative estimate of drug-likeness (QED) is 0.938. The fourth-order valence-electron chi connectivity index (χ4n) is 3.56. The van der Waals surface area contributed by atoms with Gasteiger partial charge in [-0.15, -0.1) is 0 Å². The standard InChI is InChI=1S/C19H26N4O/c1-14-6-4-5-7-16(14)15(2)12-18(24)23-11-8-20-13-17(23)19-21-9-10-22(19)3/h4-7,9-10,15,17,20H,8,11-13H2,1-3H3. The molecule has 1 fully saturated rings. The molecular weight excluding hydrogens is 300 g/mol. The summed E-state index contributed by atoms with van der Waals surface area (Å²) in [5, 5.41) is 3.38. The number of hydrogen-bond donors (Lipinski definition) is 1. The Bertz CT molecular complexity index is 709. The van der Waals surface area contributed by atoms with Crippen LogP contribution in [0.4, 0.5) is 0 Å². The van der Waals surface area contributed by atoms with Crippen molar-refractivity contribution in [2.45, 2.75) is 32.2 Å². The molecule has 2 heterocycles. The van der Waals surface area contributed by atoms with Crippen LogP contribution in [0.15, 0.2) is 36.7 Å². The Morgan fingerprint density at radius 2 is 2.21 bits per heavy atom. The molecule has 1 N–H and O–H groups in total. The van der Waals surface area contributed by atoms with Gasteiger partial charge in [-0.25, -0.2) is 4.98 Å². The predicted molar refractivity (Wildman–Crippen MR) is 94.7 cm³/mol. The van der Waals surface area contributed by atoms with Crippen molar-refractivity contribution in [3.05, 3.63) is 53.6 Å². The van der Waals surface area contributed by atoms with Gasteiger partial charge < -0.3 is 14.8 Å². The van der Waals surface area contributed by atoms with Gasteiger partial charge in [0.2, 0.25) is 5.91 Å². The third kappa shape index (κ3) is 3.36. The summed E-state index contributed by atoms with van der Waals surface area (Å²) in [7, 11) is 1.98. The van der Waals surface area contributed by atoms with Gasteiger partial charge in [0.15, 0.2) is 0 Å². The second-order valence-electron chi connectivity index (χ2n) is 6.67. The zero-order valence-corrected chi connectivity index (χ0v) is 14.7. The van der Waals surface area contributed by atoms with Gasteiger partial charge in [0.1, 0.15) is 11.9 Å². The summed E-state index contributed by atoms with van der Waals surface area (Å²) in [6.07, 6.45) is 4.26. The van der Waals surface area contributed by atoms with Gasteiger partial charge in [-0.1, -0.05) is 31.2 Å². The molecule has 1 aromatic carbocycles. The molecule has 5 heteroatoms. The highest BCUT2D eigenvalue weighted by Gasteiger charge is 2.31. The molecule has 0 spiro atoms. The van der Waals surface area contributed by atoms with Crippen LogP contribution in [0, 0.1) is 6.92 Å². The number of aryl methyl sites for hydroxylation is 2. The average molecular weight is 326 g/mol. The van der Waals surface area contributed by atoms with Crippen molar-refractivity contribution in [2.75, 3.05) is 19.6 Å². The maximum absolute atomic E-state index is 13.0. The van der Waals surface area contributed by atoms with E-state index in [1.807, 2.05) is 34.8 Å². The molecule has 1 aliphatic heterocycles. The van der Waals surface area contributed by atoms with Crippen LogP contribution < -0.4 is 5.32 Å². The topological polar surface area (TPSA) is 50.2 Å². The number of piperazine rings is 1. The molecule has 0 saturated carbocycles. The van der Waals surface area contributed by atoms with Crippen molar-refractivity contribution in [2.24, 2.45) is 7.05 Å². The molecule has 1 saturated heterocycles. The maximum Gasteiger partial charge on any atom is 0.223 e. The van der Waals surface area contributed by atoms with Gasteiger partial charge in [-0.3, -0.25) is 4.79 Å². The van der Waals surface area contributed by atoms with E-state index in [2.05, 4.69) is 36.3 Å². The number of imidazole rings is 1. The van der Waals surface area contributed by atoms with E-state index in [-0.39, 0.29) is 17.9 Å². The lowest BCUT2D eigenvalue weighted by atomic mass is 9.93. The van der Waals surface area contributed by atoms with Gasteiger partial charge >= 0.3 is 0 Å². The number of hydrogen-bond acceptors (Lipinski definition) is 3. The number of nitrogens with zero attached hydrogens (tertiary/aromatic N) is 3. The van der Waals surface area contributed by atoms with Crippen LogP contribution in [0.25, 0.3) is 0 Å². The lowest BCUT2D eigenvalue weighted by Gasteiger charge is -2.36. The van der Waals surface area contributed by atoms with E-state index in [0.717, 1.165) is 25.5 Å². The smallest absolute Gasteiger partial charge is 0.223 e. The van der Waals surface area contributed by atoms with Crippen molar-refractivity contribution >= 4 is 5.91 Å². The number of nitrogens with one attached hydrogen (secondary N) is 1. The van der Waals surface area contributed by atoms with Crippen molar-refractivity contribution < 1.29 is 4.79 Å². The van der Waals surface area contributed by atoms with Gasteiger partial charge in [0, 0.05) is 45.5 Å². The van der Waals surface area contributed by atoms with E-state index in [9.17, 15) is 4.79 Å². The van der Waals surface area contributed by atoms with E-state index in [1.54, 1.807) is 6.20 Å². The third-order valence-corrected chi connectivity index (χ3v) is 4.92. The molecule has 24 heavy (non-hydrogen) atoms. The summed E-state index contributed by atoms with van der Waals surface area (Å²) in [6.45, 7) is 6.58. The first-order valence-corrected chi connectivity index (χ1v) is 8.61. The summed E-state index contributed by atoms with van der Waals surface area (Å²) in [6, 6.07) is 8.33. The van der Waals surface area contributed by atoms with Gasteiger partial charge in [0.25, 0.3) is 0 Å². The Morgan fingerprint density at radius 3 is 2.92 bits per heavy atom. The molecule has 5 nitrogen and oxygen atoms in total. The summed E-state index contributed by atoms with van der Waals surface area (Å²) >= 11 is 0. The predicted octanol–water partition coefficient (Wildman–Crippen LogP) is 2.40. The Morgan fingerprint density at radius 1 is 1.42 bits per heavy atom. The number of carbonyl (C=O) groups excluding carboxylic acids is 1. The highest BCUT2D eigenvalue weighted by atomic mass is 16.2. The fourth-order valence-corrected chi connectivity index (χ4v) is 3.56. The monoisotopic (exact) mass is 326 g/mol. The largest absolute Gasteiger partial charge is 0.336 e. The van der Waals surface area contributed by atoms with E-state index in [4.69, 9.17) is 0 Å². The van der Waals surface area contributed by atoms with E-state index in [1.165, 1.54) is 11.1 Å². The summed E-state index contributed by atoms with van der Waals surface area (Å²) in [4.78, 5) is 19.4. The molecule has 2 aromatic rings. The highest BCUT2D eigenvalue weighted by molar-refractivity contribution is 5.77. The molecular formula is C19H26N4O. The summed E-state index contributed by atoms with van der Waals surface area (Å²) in [5.74, 6) is 1.37. The number of benzene rings is 1. The third-order valence-electron chi connectivity index (χ3n) is 4.92. The SMILES string of the molecule is Cc1ccccc1C(C)CC(=O)N1CCNCC1c1nccn1C. The van der Waals surface area contributed by atoms with Gasteiger partial charge in [0.05, 0.1) is 0 Å². The first kappa shape index (κ1) is 16.7. The first-order valence-electron chi connectivity index (χ1n) is 8.61. The number of rotatable bonds is 4. The van der Waals surface area contributed by atoms with Crippen LogP contribution in [-0.2, 0) is 11.8 Å². The minimum Gasteiger partial charge on any atom is -0.336 e. The molecule has 2 atom stereocenters. The normalized spacial score (nSPS) is 19.3. The molecule has 2 unspecified atom stereocenters. The second kappa shape index (κ2) is 7.18. The van der Waals surface area contributed by atoms with Crippen LogP contribution in [-0.4, -0.2) is 40.0 Å². The molecule has 1 aromatic heterocycles. The van der Waals surface area contributed by atoms with Crippen LogP contribution in [0.3, 0.4) is 0 Å². The van der Waals surface area contributed by atoms with Crippen molar-refractivity contribution in [3.8, 4) is 0 Å². The minimum absolute atomic E-state index is 0.00956. The van der Waals surface area contributed by atoms with E-state index < -0.39 is 0 Å². The van der Waals surface area contributed by atoms with Gasteiger partial charge in [-0.2, -0.15) is 0 Å². The molecule has 128 valence electrons. The molecule has 1 amide bonds. The van der Waals surface area contributed by atoms with Crippen LogP contribution in [0.2, 0.25) is 0 Å². The van der Waals surface area contributed by atoms with Crippen LogP contribution in [0.1, 0.15) is 42.3 Å². The van der Waals surface area contributed by atoms with Crippen LogP contribution in [0.5, 0.6) is 0 Å². The molecule has 0 radical (unpaired) electrons. The molecule has 0 bridgehead atoms. The maximum atomic E-state index is 13.0. The number of carbonyl (C=O) groups is 1. The average Bonchev–Trinajstić information content (AvgIpc) is 3.01. The second-order valence-corrected chi connectivity index (χ2v) is 6.67. The first-order chi connectivity index (χ1) is 11.6. The van der Waals surface area contributed by atoms with Crippen molar-refractivity contribution in [1.29, 1.82) is 0 Å². The summed E-state index contributed by atoms with van der Waals surface area (Å²) < 4.78 is 2.00. The zero-order valence-electron chi connectivity index (χ0n) is 14.7. The van der Waals surface area contributed by atoms with Crippen molar-refractivity contribution in [1.82, 2.24) is 19.8 Å². The Hall–Kier alpha value is -2.14.